The second-order valence-electron chi connectivity index (χ2n) is 3.56. The lowest BCUT2D eigenvalue weighted by Crippen LogP contribution is -2.18. The van der Waals surface area contributed by atoms with Gasteiger partial charge < -0.3 is 9.84 Å². The van der Waals surface area contributed by atoms with Crippen molar-refractivity contribution >= 4 is 11.8 Å². The maximum absolute atomic E-state index is 9.58. The molecule has 0 bridgehead atoms. The van der Waals surface area contributed by atoms with Crippen LogP contribution < -0.4 is 0 Å². The summed E-state index contributed by atoms with van der Waals surface area (Å²) in [5, 5.41) is 10.3. The van der Waals surface area contributed by atoms with Crippen molar-refractivity contribution in [2.45, 2.75) is 32.0 Å². The number of aryl methyl sites for hydroxylation is 2. The van der Waals surface area contributed by atoms with Gasteiger partial charge in [0.25, 0.3) is 0 Å². The normalized spacial score (nSPS) is 12.8. The molecule has 1 aromatic rings. The molecule has 90 valence electrons. The maximum atomic E-state index is 9.58. The summed E-state index contributed by atoms with van der Waals surface area (Å²) in [4.78, 5) is 8.57. The maximum Gasteiger partial charge on any atom is 0.188 e. The van der Waals surface area contributed by atoms with Gasteiger partial charge >= 0.3 is 0 Å². The van der Waals surface area contributed by atoms with Crippen LogP contribution in [0.1, 0.15) is 18.3 Å². The number of hydrogen-bond acceptors (Lipinski definition) is 5. The van der Waals surface area contributed by atoms with Crippen LogP contribution in [0.2, 0.25) is 0 Å². The topological polar surface area (TPSA) is 55.2 Å². The van der Waals surface area contributed by atoms with Crippen molar-refractivity contribution in [1.29, 1.82) is 0 Å². The summed E-state index contributed by atoms with van der Waals surface area (Å²) < 4.78 is 5.13. The highest BCUT2D eigenvalue weighted by Crippen LogP contribution is 2.15. The van der Waals surface area contributed by atoms with E-state index in [-0.39, 0.29) is 0 Å². The Bertz CT molecular complexity index is 314. The van der Waals surface area contributed by atoms with Gasteiger partial charge in [0.15, 0.2) is 5.16 Å². The van der Waals surface area contributed by atoms with Crippen LogP contribution in [0, 0.1) is 13.8 Å². The molecule has 16 heavy (non-hydrogen) atoms. The zero-order valence-electron chi connectivity index (χ0n) is 9.93. The Morgan fingerprint density at radius 3 is 2.56 bits per heavy atom. The molecule has 1 atom stereocenters. The van der Waals surface area contributed by atoms with E-state index in [4.69, 9.17) is 4.74 Å². The van der Waals surface area contributed by atoms with Crippen molar-refractivity contribution in [3.05, 3.63) is 17.5 Å². The molecule has 4 nitrogen and oxygen atoms in total. The van der Waals surface area contributed by atoms with E-state index in [2.05, 4.69) is 9.97 Å². The highest BCUT2D eigenvalue weighted by atomic mass is 32.2. The van der Waals surface area contributed by atoms with E-state index in [9.17, 15) is 5.11 Å². The monoisotopic (exact) mass is 242 g/mol. The third-order valence-electron chi connectivity index (χ3n) is 1.88. The number of rotatable bonds is 6. The largest absolute Gasteiger partial charge is 0.390 e. The van der Waals surface area contributed by atoms with Crippen molar-refractivity contribution in [3.63, 3.8) is 0 Å². The van der Waals surface area contributed by atoms with E-state index >= 15 is 0 Å². The molecule has 1 aromatic heterocycles. The van der Waals surface area contributed by atoms with Gasteiger partial charge in [-0.2, -0.15) is 0 Å². The molecule has 1 N–H and O–H groups in total. The Labute approximate surface area is 100 Å². The molecule has 0 fully saturated rings. The number of ether oxygens (including phenoxy) is 1. The fourth-order valence-electron chi connectivity index (χ4n) is 1.23. The van der Waals surface area contributed by atoms with Gasteiger partial charge in [-0.1, -0.05) is 11.8 Å². The van der Waals surface area contributed by atoms with Gasteiger partial charge in [-0.25, -0.2) is 9.97 Å². The molecule has 0 aliphatic carbocycles. The van der Waals surface area contributed by atoms with Crippen LogP contribution in [0.25, 0.3) is 0 Å². The van der Waals surface area contributed by atoms with Crippen LogP contribution in [0.3, 0.4) is 0 Å². The second-order valence-corrected chi connectivity index (χ2v) is 4.54. The van der Waals surface area contributed by atoms with Gasteiger partial charge in [-0.15, -0.1) is 0 Å². The number of nitrogens with zero attached hydrogens (tertiary/aromatic N) is 2. The summed E-state index contributed by atoms with van der Waals surface area (Å²) in [6.45, 7) is 6.79. The number of thioether (sulfide) groups is 1. The first kappa shape index (κ1) is 13.4. The SMILES string of the molecule is CCOCC(O)CSc1nc(C)cc(C)n1. The molecule has 5 heteroatoms. The molecular weight excluding hydrogens is 224 g/mol. The van der Waals surface area contributed by atoms with Gasteiger partial charge in [-0.05, 0) is 26.8 Å². The first-order valence-electron chi connectivity index (χ1n) is 5.32. The lowest BCUT2D eigenvalue weighted by Gasteiger charge is -2.09. The van der Waals surface area contributed by atoms with Crippen LogP contribution in [-0.2, 0) is 4.74 Å². The predicted octanol–water partition coefficient (Wildman–Crippen LogP) is 1.58. The summed E-state index contributed by atoms with van der Waals surface area (Å²) >= 11 is 1.46. The van der Waals surface area contributed by atoms with Crippen molar-refractivity contribution < 1.29 is 9.84 Å². The smallest absolute Gasteiger partial charge is 0.188 e. The minimum Gasteiger partial charge on any atom is -0.390 e. The van der Waals surface area contributed by atoms with Crippen LogP contribution in [0.4, 0.5) is 0 Å². The van der Waals surface area contributed by atoms with Crippen molar-refractivity contribution in [2.75, 3.05) is 19.0 Å². The molecule has 1 heterocycles. The number of hydrogen-bond donors (Lipinski definition) is 1. The Kier molecular flexibility index (Phi) is 5.73. The summed E-state index contributed by atoms with van der Waals surface area (Å²) in [5.74, 6) is 0.558. The zero-order valence-corrected chi connectivity index (χ0v) is 10.8. The van der Waals surface area contributed by atoms with E-state index in [1.54, 1.807) is 0 Å². The van der Waals surface area contributed by atoms with Gasteiger partial charge in [0, 0.05) is 23.7 Å². The molecule has 0 aliphatic rings. The Hall–Kier alpha value is -0.650. The third-order valence-corrected chi connectivity index (χ3v) is 2.87. The Balaban J connectivity index is 2.41. The molecule has 0 saturated heterocycles. The van der Waals surface area contributed by atoms with E-state index < -0.39 is 6.10 Å². The van der Waals surface area contributed by atoms with Gasteiger partial charge in [0.05, 0.1) is 12.7 Å². The summed E-state index contributed by atoms with van der Waals surface area (Å²) in [7, 11) is 0. The first-order valence-corrected chi connectivity index (χ1v) is 6.31. The predicted molar refractivity (Wildman–Crippen MR) is 64.7 cm³/mol. The summed E-state index contributed by atoms with van der Waals surface area (Å²) in [6.07, 6.45) is -0.464. The number of aliphatic hydroxyl groups is 1. The minimum atomic E-state index is -0.464. The Morgan fingerprint density at radius 1 is 1.38 bits per heavy atom. The quantitative estimate of drug-likeness (QED) is 0.606. The molecule has 0 amide bonds. The van der Waals surface area contributed by atoms with Gasteiger partial charge in [0.1, 0.15) is 0 Å². The number of aliphatic hydroxyl groups excluding tert-OH is 1. The highest BCUT2D eigenvalue weighted by Gasteiger charge is 2.07. The summed E-state index contributed by atoms with van der Waals surface area (Å²) in [5.41, 5.74) is 1.91. The molecule has 0 aromatic carbocycles. The molecule has 0 spiro atoms. The first-order chi connectivity index (χ1) is 7.61. The molecule has 1 rings (SSSR count). The average Bonchev–Trinajstić information content (AvgIpc) is 2.22. The Morgan fingerprint density at radius 2 is 2.00 bits per heavy atom. The van der Waals surface area contributed by atoms with Gasteiger partial charge in [-0.3, -0.25) is 0 Å². The average molecular weight is 242 g/mol. The molecule has 0 aliphatic heterocycles. The van der Waals surface area contributed by atoms with Crippen LogP contribution in [0.5, 0.6) is 0 Å². The molecule has 1 unspecified atom stereocenters. The fourth-order valence-corrected chi connectivity index (χ4v) is 2.09. The van der Waals surface area contributed by atoms with Crippen molar-refractivity contribution in [3.8, 4) is 0 Å². The van der Waals surface area contributed by atoms with E-state index in [1.165, 1.54) is 11.8 Å². The highest BCUT2D eigenvalue weighted by molar-refractivity contribution is 7.99. The molecular formula is C11H18N2O2S. The van der Waals surface area contributed by atoms with Crippen LogP contribution in [-0.4, -0.2) is 40.1 Å². The lowest BCUT2D eigenvalue weighted by atomic mass is 10.4. The minimum absolute atomic E-state index is 0.369. The van der Waals surface area contributed by atoms with E-state index in [1.807, 2.05) is 26.8 Å². The van der Waals surface area contributed by atoms with Crippen LogP contribution in [0.15, 0.2) is 11.2 Å². The van der Waals surface area contributed by atoms with Crippen LogP contribution >= 0.6 is 11.8 Å². The van der Waals surface area contributed by atoms with Crippen molar-refractivity contribution in [1.82, 2.24) is 9.97 Å². The van der Waals surface area contributed by atoms with Crippen molar-refractivity contribution in [2.24, 2.45) is 0 Å². The molecule has 0 radical (unpaired) electrons. The third kappa shape index (κ3) is 4.92. The van der Waals surface area contributed by atoms with Gasteiger partial charge in [0.2, 0.25) is 0 Å². The van der Waals surface area contributed by atoms with E-state index in [0.717, 1.165) is 11.4 Å². The van der Waals surface area contributed by atoms with E-state index in [0.29, 0.717) is 24.1 Å². The zero-order chi connectivity index (χ0) is 12.0. The second kappa shape index (κ2) is 6.83. The standard InChI is InChI=1S/C11H18N2O2S/c1-4-15-6-10(14)7-16-11-12-8(2)5-9(3)13-11/h5,10,14H,4,6-7H2,1-3H3. The number of aromatic nitrogens is 2. The molecule has 0 saturated carbocycles. The summed E-state index contributed by atoms with van der Waals surface area (Å²) in [6, 6.07) is 1.93. The fraction of sp³-hybridized carbons (Fsp3) is 0.636. The lowest BCUT2D eigenvalue weighted by molar-refractivity contribution is 0.0551.